The summed E-state index contributed by atoms with van der Waals surface area (Å²) in [6, 6.07) is 22.4. The molecule has 0 radical (unpaired) electrons. The highest BCUT2D eigenvalue weighted by Gasteiger charge is 2.28. The molecule has 8 bridgehead atoms. The number of aromatic amines is 2. The summed E-state index contributed by atoms with van der Waals surface area (Å²) in [5.74, 6) is 1.01. The van der Waals surface area contributed by atoms with E-state index in [0.29, 0.717) is 53.7 Å². The van der Waals surface area contributed by atoms with E-state index in [9.17, 15) is 0 Å². The number of H-pyrrole nitrogens is 2. The number of hydrogen-bond acceptors (Lipinski definition) is 6. The van der Waals surface area contributed by atoms with E-state index in [2.05, 4.69) is 9.97 Å². The fraction of sp³-hybridized carbons (Fsp3) is 0.0625. The summed E-state index contributed by atoms with van der Waals surface area (Å²) < 4.78 is 0. The molecule has 5 heterocycles. The molecule has 0 fully saturated rings. The zero-order valence-electron chi connectivity index (χ0n) is 22.3. The van der Waals surface area contributed by atoms with Gasteiger partial charge in [0.1, 0.15) is 22.0 Å². The van der Waals surface area contributed by atoms with Gasteiger partial charge in [0.2, 0.25) is 0 Å². The Morgan fingerprint density at radius 1 is 0.432 bits per heavy atom. The fourth-order valence-corrected chi connectivity index (χ4v) is 6.65. The van der Waals surface area contributed by atoms with Gasteiger partial charge in [-0.15, -0.1) is 0 Å². The first kappa shape index (κ1) is 26.1. The van der Waals surface area contributed by atoms with Gasteiger partial charge in [-0.25, -0.2) is 30.0 Å². The Balaban J connectivity index is 1.43. The first-order chi connectivity index (χ1) is 21.4. The number of nitrogens with zero attached hydrogens (tertiary/aromatic N) is 6. The van der Waals surface area contributed by atoms with Crippen LogP contribution in [0.3, 0.4) is 0 Å². The van der Waals surface area contributed by atoms with Gasteiger partial charge in [-0.2, -0.15) is 0 Å². The van der Waals surface area contributed by atoms with E-state index in [1.807, 2.05) is 72.8 Å². The van der Waals surface area contributed by atoms with Crippen LogP contribution in [0.25, 0.3) is 21.5 Å². The van der Waals surface area contributed by atoms with Crippen molar-refractivity contribution in [2.45, 2.75) is 12.3 Å². The monoisotopic (exact) mass is 652 g/mol. The second-order valence-corrected chi connectivity index (χ2v) is 12.4. The molecule has 44 heavy (non-hydrogen) atoms. The van der Waals surface area contributed by atoms with Crippen LogP contribution in [0.15, 0.2) is 103 Å². The van der Waals surface area contributed by atoms with E-state index in [-0.39, 0.29) is 0 Å². The first-order valence-corrected chi connectivity index (χ1v) is 15.1. The Hall–Kier alpha value is -4.34. The van der Waals surface area contributed by atoms with E-state index in [1.54, 1.807) is 0 Å². The van der Waals surface area contributed by atoms with Crippen LogP contribution in [0.4, 0.5) is 0 Å². The average Bonchev–Trinajstić information content (AvgIpc) is 3.71. The highest BCUT2D eigenvalue weighted by atomic mass is 35.5. The summed E-state index contributed by atoms with van der Waals surface area (Å²) in [4.78, 5) is 36.8. The number of rotatable bonds is 0. The molecule has 2 N–H and O–H groups in total. The van der Waals surface area contributed by atoms with Crippen molar-refractivity contribution >= 4 is 79.6 Å². The van der Waals surface area contributed by atoms with E-state index in [0.717, 1.165) is 43.8 Å². The lowest BCUT2D eigenvalue weighted by Gasteiger charge is -2.04. The smallest absolute Gasteiger partial charge is 0.170 e. The molecule has 6 aromatic rings. The van der Waals surface area contributed by atoms with E-state index < -0.39 is 12.3 Å². The predicted octanol–water partition coefficient (Wildman–Crippen LogP) is 6.37. The van der Waals surface area contributed by atoms with Gasteiger partial charge in [0, 0.05) is 63.9 Å². The van der Waals surface area contributed by atoms with Crippen molar-refractivity contribution in [3.8, 4) is 0 Å². The Labute approximate surface area is 267 Å². The zero-order chi connectivity index (χ0) is 29.7. The quantitative estimate of drug-likeness (QED) is 0.190. The van der Waals surface area contributed by atoms with Crippen molar-refractivity contribution in [3.63, 3.8) is 0 Å². The van der Waals surface area contributed by atoms with Gasteiger partial charge < -0.3 is 9.97 Å². The van der Waals surface area contributed by atoms with Crippen LogP contribution in [0.5, 0.6) is 0 Å². The Kier molecular flexibility index (Phi) is 5.68. The van der Waals surface area contributed by atoms with Gasteiger partial charge >= 0.3 is 0 Å². The van der Waals surface area contributed by atoms with Crippen molar-refractivity contribution in [3.05, 3.63) is 137 Å². The maximum Gasteiger partial charge on any atom is 0.170 e. The van der Waals surface area contributed by atoms with Gasteiger partial charge in [0.25, 0.3) is 0 Å². The summed E-state index contributed by atoms with van der Waals surface area (Å²) in [6.07, 6.45) is -1.20. The third-order valence-corrected chi connectivity index (χ3v) is 8.89. The number of aromatic nitrogens is 2. The summed E-state index contributed by atoms with van der Waals surface area (Å²) in [5.41, 5.74) is 5.65. The lowest BCUT2D eigenvalue weighted by molar-refractivity contribution is 0.757. The number of nitrogens with one attached hydrogen (secondary N) is 2. The minimum absolute atomic E-state index is 0.491. The lowest BCUT2D eigenvalue weighted by Crippen LogP contribution is -2.14. The number of aliphatic imine (C=N–C) groups is 2. The molecule has 2 unspecified atom stereocenters. The predicted molar refractivity (Wildman–Crippen MR) is 173 cm³/mol. The Bertz CT molecular complexity index is 2580. The molecule has 0 amide bonds. The molecule has 0 saturated carbocycles. The maximum atomic E-state index is 6.45. The fourth-order valence-electron chi connectivity index (χ4n) is 5.95. The average molecular weight is 654 g/mol. The molecule has 9 rings (SSSR count). The third-order valence-electron chi connectivity index (χ3n) is 7.95. The number of fused-ring (bicyclic) bond motifs is 18. The van der Waals surface area contributed by atoms with Crippen LogP contribution in [0, 0.1) is 0 Å². The van der Waals surface area contributed by atoms with Crippen LogP contribution in [-0.4, -0.2) is 21.6 Å². The normalized spacial score (nSPS) is 18.1. The molecule has 0 saturated heterocycles. The van der Waals surface area contributed by atoms with Gasteiger partial charge in [0.05, 0.1) is 0 Å². The second-order valence-electron chi connectivity index (χ2n) is 10.6. The highest BCUT2D eigenvalue weighted by Crippen LogP contribution is 2.34. The summed E-state index contributed by atoms with van der Waals surface area (Å²) in [5, 5.41) is 5.58. The van der Waals surface area contributed by atoms with E-state index in [1.165, 1.54) is 0 Å². The number of amidine groups is 2. The van der Waals surface area contributed by atoms with E-state index >= 15 is 0 Å². The van der Waals surface area contributed by atoms with Crippen molar-refractivity contribution in [2.75, 3.05) is 0 Å². The molecule has 2 atom stereocenters. The number of hydrogen-bond donors (Lipinski definition) is 2. The number of halogens is 4. The van der Waals surface area contributed by atoms with E-state index in [4.69, 9.17) is 76.4 Å². The summed E-state index contributed by atoms with van der Waals surface area (Å²) >= 11 is 25.8. The maximum absolute atomic E-state index is 6.45. The Morgan fingerprint density at radius 2 is 0.932 bits per heavy atom. The molecule has 4 aromatic carbocycles. The van der Waals surface area contributed by atoms with Crippen LogP contribution < -0.4 is 22.0 Å². The van der Waals surface area contributed by atoms with Gasteiger partial charge in [-0.05, 0) is 66.7 Å². The molecular weight excluding hydrogens is 638 g/mol. The molecular formula is C32H16Cl4N8. The first-order valence-electron chi connectivity index (χ1n) is 13.6. The standard InChI is InChI=1S/C32H16Cl4N8/c33-13-1-5-17-21(9-13)29-38-25(17)37-26-18-6-2-15(35)11-23(18)31(39-26)44-32-24-12-16(36)4-8-20(24)28(43-32)42-30-22-10-14(34)3-7-19(22)27(40-29)41-30/h1-12,27,31H,(H,37,38,39,40)(H,41,42,43,44). The van der Waals surface area contributed by atoms with Crippen LogP contribution in [0.1, 0.15) is 34.6 Å². The van der Waals surface area contributed by atoms with Crippen LogP contribution >= 0.6 is 46.4 Å². The second kappa shape index (κ2) is 9.58. The minimum Gasteiger partial charge on any atom is -0.324 e. The molecule has 2 aromatic heterocycles. The van der Waals surface area contributed by atoms with Crippen molar-refractivity contribution < 1.29 is 0 Å². The highest BCUT2D eigenvalue weighted by molar-refractivity contribution is 6.32. The molecule has 3 aliphatic heterocycles. The van der Waals surface area contributed by atoms with Crippen molar-refractivity contribution in [2.24, 2.45) is 30.0 Å². The third kappa shape index (κ3) is 4.06. The molecule has 3 aliphatic rings. The minimum atomic E-state index is -0.614. The SMILES string of the molecule is Clc1ccc2c(c1)C1=NC2N=c2[nH]c(c3ccc(Cl)cc23)=NC2=NC(N=c3[nH]c(c4ccc(Cl)cc34)=N1)c1cc(Cl)ccc12. The summed E-state index contributed by atoms with van der Waals surface area (Å²) in [7, 11) is 0. The molecule has 0 spiro atoms. The Morgan fingerprint density at radius 3 is 1.57 bits per heavy atom. The van der Waals surface area contributed by atoms with Gasteiger partial charge in [-0.1, -0.05) is 52.5 Å². The summed E-state index contributed by atoms with van der Waals surface area (Å²) in [6.45, 7) is 0. The largest absolute Gasteiger partial charge is 0.324 e. The number of benzene rings is 4. The molecule has 8 nitrogen and oxygen atoms in total. The van der Waals surface area contributed by atoms with Gasteiger partial charge in [-0.3, -0.25) is 0 Å². The van der Waals surface area contributed by atoms with Crippen molar-refractivity contribution in [1.82, 2.24) is 9.97 Å². The molecule has 12 heteroatoms. The molecule has 0 aliphatic carbocycles. The van der Waals surface area contributed by atoms with Gasteiger partial charge in [0.15, 0.2) is 24.0 Å². The van der Waals surface area contributed by atoms with Crippen molar-refractivity contribution in [1.29, 1.82) is 0 Å². The molecule has 212 valence electrons. The van der Waals surface area contributed by atoms with Crippen LogP contribution in [-0.2, 0) is 0 Å². The lowest BCUT2D eigenvalue weighted by atomic mass is 10.1. The van der Waals surface area contributed by atoms with Crippen LogP contribution in [0.2, 0.25) is 20.1 Å². The zero-order valence-corrected chi connectivity index (χ0v) is 25.3. The topological polar surface area (TPSA) is 106 Å².